The molecular formula is C20H25NO4. The number of hydrogen-bond acceptors (Lipinski definition) is 4. The van der Waals surface area contributed by atoms with E-state index in [0.717, 1.165) is 18.6 Å². The fraction of sp³-hybridized carbons (Fsp3) is 0.350. The van der Waals surface area contributed by atoms with Crippen LogP contribution in [0.5, 0.6) is 11.5 Å². The molecule has 1 amide bonds. The highest BCUT2D eigenvalue weighted by Gasteiger charge is 2.21. The van der Waals surface area contributed by atoms with Crippen LogP contribution in [-0.4, -0.2) is 31.3 Å². The number of benzene rings is 2. The minimum Gasteiger partial charge on any atom is -0.508 e. The molecule has 134 valence electrons. The SMILES string of the molecule is COc1ccc(CCC(C)NC(=O)C(OC)c2ccc(O)cc2)cc1. The number of carbonyl (C=O) groups is 1. The maximum atomic E-state index is 12.4. The molecule has 0 aliphatic carbocycles. The molecule has 2 N–H and O–H groups in total. The molecule has 2 aromatic carbocycles. The number of aromatic hydroxyl groups is 1. The summed E-state index contributed by atoms with van der Waals surface area (Å²) in [6.07, 6.45) is 0.996. The van der Waals surface area contributed by atoms with Crippen LogP contribution in [0.1, 0.15) is 30.6 Å². The predicted octanol–water partition coefficient (Wildman–Crippen LogP) is 3.23. The first-order valence-corrected chi connectivity index (χ1v) is 8.28. The minimum absolute atomic E-state index is 0.0179. The maximum absolute atomic E-state index is 12.4. The Bertz CT molecular complexity index is 667. The average Bonchev–Trinajstić information content (AvgIpc) is 2.62. The molecule has 0 aromatic heterocycles. The van der Waals surface area contributed by atoms with Gasteiger partial charge in [-0.2, -0.15) is 0 Å². The molecule has 0 saturated heterocycles. The van der Waals surface area contributed by atoms with E-state index in [9.17, 15) is 9.90 Å². The van der Waals surface area contributed by atoms with Crippen molar-refractivity contribution in [2.45, 2.75) is 31.9 Å². The molecule has 2 atom stereocenters. The second-order valence-corrected chi connectivity index (χ2v) is 6.00. The number of hydrogen-bond donors (Lipinski definition) is 2. The summed E-state index contributed by atoms with van der Waals surface area (Å²) >= 11 is 0. The first kappa shape index (κ1) is 18.8. The van der Waals surface area contributed by atoms with E-state index in [1.165, 1.54) is 12.7 Å². The molecule has 2 aromatic rings. The van der Waals surface area contributed by atoms with Crippen LogP contribution in [0.4, 0.5) is 0 Å². The van der Waals surface area contributed by atoms with Gasteiger partial charge in [-0.25, -0.2) is 0 Å². The summed E-state index contributed by atoms with van der Waals surface area (Å²) in [6, 6.07) is 14.4. The predicted molar refractivity (Wildman–Crippen MR) is 96.8 cm³/mol. The summed E-state index contributed by atoms with van der Waals surface area (Å²) in [7, 11) is 3.14. The van der Waals surface area contributed by atoms with E-state index in [1.54, 1.807) is 31.4 Å². The molecule has 2 rings (SSSR count). The molecule has 5 nitrogen and oxygen atoms in total. The van der Waals surface area contributed by atoms with Gasteiger partial charge in [0.25, 0.3) is 5.91 Å². The molecule has 0 aliphatic heterocycles. The number of carbonyl (C=O) groups excluding carboxylic acids is 1. The van der Waals surface area contributed by atoms with Crippen molar-refractivity contribution in [1.82, 2.24) is 5.32 Å². The van der Waals surface area contributed by atoms with Gasteiger partial charge < -0.3 is 19.9 Å². The fourth-order valence-electron chi connectivity index (χ4n) is 2.61. The number of ether oxygens (including phenoxy) is 2. The lowest BCUT2D eigenvalue weighted by atomic mass is 10.0. The van der Waals surface area contributed by atoms with Crippen molar-refractivity contribution in [3.05, 3.63) is 59.7 Å². The largest absolute Gasteiger partial charge is 0.508 e. The Kier molecular flexibility index (Phi) is 6.83. The number of phenolic OH excluding ortho intramolecular Hbond substituents is 1. The van der Waals surface area contributed by atoms with Gasteiger partial charge in [-0.15, -0.1) is 0 Å². The number of methoxy groups -OCH3 is 2. The highest BCUT2D eigenvalue weighted by atomic mass is 16.5. The van der Waals surface area contributed by atoms with Crippen LogP contribution < -0.4 is 10.1 Å². The van der Waals surface area contributed by atoms with Crippen LogP contribution >= 0.6 is 0 Å². The lowest BCUT2D eigenvalue weighted by Gasteiger charge is -2.20. The van der Waals surface area contributed by atoms with Crippen molar-refractivity contribution in [2.75, 3.05) is 14.2 Å². The van der Waals surface area contributed by atoms with Crippen molar-refractivity contribution < 1.29 is 19.4 Å². The van der Waals surface area contributed by atoms with Crippen LogP contribution in [0.25, 0.3) is 0 Å². The van der Waals surface area contributed by atoms with Crippen molar-refractivity contribution in [2.24, 2.45) is 0 Å². The van der Waals surface area contributed by atoms with E-state index in [-0.39, 0.29) is 17.7 Å². The third-order valence-corrected chi connectivity index (χ3v) is 4.08. The standard InChI is InChI=1S/C20H25NO4/c1-14(4-5-15-6-12-18(24-2)13-7-15)21-20(23)19(25-3)16-8-10-17(22)11-9-16/h6-14,19,22H,4-5H2,1-3H3,(H,21,23). The normalized spacial score (nSPS) is 13.1. The molecule has 5 heteroatoms. The molecule has 0 spiro atoms. The van der Waals surface area contributed by atoms with E-state index in [0.29, 0.717) is 5.56 Å². The van der Waals surface area contributed by atoms with Gasteiger partial charge in [-0.3, -0.25) is 4.79 Å². The van der Waals surface area contributed by atoms with Gasteiger partial charge in [0.1, 0.15) is 11.5 Å². The number of aryl methyl sites for hydroxylation is 1. The van der Waals surface area contributed by atoms with Crippen LogP contribution in [0.2, 0.25) is 0 Å². The van der Waals surface area contributed by atoms with E-state index in [4.69, 9.17) is 9.47 Å². The maximum Gasteiger partial charge on any atom is 0.253 e. The van der Waals surface area contributed by atoms with Crippen molar-refractivity contribution >= 4 is 5.91 Å². The lowest BCUT2D eigenvalue weighted by molar-refractivity contribution is -0.132. The van der Waals surface area contributed by atoms with Gasteiger partial charge in [0.05, 0.1) is 7.11 Å². The van der Waals surface area contributed by atoms with Gasteiger partial charge in [0.2, 0.25) is 0 Å². The third kappa shape index (κ3) is 5.50. The Morgan fingerprint density at radius 2 is 1.72 bits per heavy atom. The summed E-state index contributed by atoms with van der Waals surface area (Å²) in [5.41, 5.74) is 1.91. The molecule has 0 aliphatic rings. The zero-order valence-corrected chi connectivity index (χ0v) is 14.9. The monoisotopic (exact) mass is 343 g/mol. The van der Waals surface area contributed by atoms with E-state index < -0.39 is 6.10 Å². The molecule has 0 bridgehead atoms. The molecule has 25 heavy (non-hydrogen) atoms. The Hall–Kier alpha value is -2.53. The molecular weight excluding hydrogens is 318 g/mol. The van der Waals surface area contributed by atoms with E-state index >= 15 is 0 Å². The Morgan fingerprint density at radius 3 is 2.28 bits per heavy atom. The van der Waals surface area contributed by atoms with Gasteiger partial charge in [0, 0.05) is 13.2 Å². The summed E-state index contributed by atoms with van der Waals surface area (Å²) < 4.78 is 10.5. The van der Waals surface area contributed by atoms with Crippen LogP contribution in [-0.2, 0) is 16.0 Å². The second kappa shape index (κ2) is 9.08. The highest BCUT2D eigenvalue weighted by molar-refractivity contribution is 5.82. The van der Waals surface area contributed by atoms with Crippen molar-refractivity contribution in [3.63, 3.8) is 0 Å². The van der Waals surface area contributed by atoms with Crippen LogP contribution in [0.15, 0.2) is 48.5 Å². The van der Waals surface area contributed by atoms with Crippen LogP contribution in [0, 0.1) is 0 Å². The van der Waals surface area contributed by atoms with Crippen molar-refractivity contribution in [1.29, 1.82) is 0 Å². The fourth-order valence-corrected chi connectivity index (χ4v) is 2.61. The van der Waals surface area contributed by atoms with Crippen LogP contribution in [0.3, 0.4) is 0 Å². The number of amides is 1. The van der Waals surface area contributed by atoms with E-state index in [1.807, 2.05) is 31.2 Å². The van der Waals surface area contributed by atoms with Gasteiger partial charge in [-0.05, 0) is 55.2 Å². The summed E-state index contributed by atoms with van der Waals surface area (Å²) in [5, 5.41) is 12.3. The van der Waals surface area contributed by atoms with Gasteiger partial charge in [0.15, 0.2) is 6.10 Å². The summed E-state index contributed by atoms with van der Waals surface area (Å²) in [6.45, 7) is 1.98. The van der Waals surface area contributed by atoms with Crippen molar-refractivity contribution in [3.8, 4) is 11.5 Å². The number of nitrogens with one attached hydrogen (secondary N) is 1. The second-order valence-electron chi connectivity index (χ2n) is 6.00. The lowest BCUT2D eigenvalue weighted by Crippen LogP contribution is -2.37. The number of phenols is 1. The molecule has 0 heterocycles. The minimum atomic E-state index is -0.691. The number of rotatable bonds is 8. The zero-order valence-electron chi connectivity index (χ0n) is 14.9. The average molecular weight is 343 g/mol. The smallest absolute Gasteiger partial charge is 0.253 e. The Balaban J connectivity index is 1.88. The van der Waals surface area contributed by atoms with E-state index in [2.05, 4.69) is 5.32 Å². The molecule has 2 unspecified atom stereocenters. The summed E-state index contributed by atoms with van der Waals surface area (Å²) in [4.78, 5) is 12.4. The molecule has 0 saturated carbocycles. The van der Waals surface area contributed by atoms with Gasteiger partial charge in [-0.1, -0.05) is 24.3 Å². The first-order valence-electron chi connectivity index (χ1n) is 8.28. The quantitative estimate of drug-likeness (QED) is 0.772. The zero-order chi connectivity index (χ0) is 18.2. The molecule has 0 fully saturated rings. The first-order chi connectivity index (χ1) is 12.0. The third-order valence-electron chi connectivity index (χ3n) is 4.08. The Labute approximate surface area is 148 Å². The Morgan fingerprint density at radius 1 is 1.08 bits per heavy atom. The topological polar surface area (TPSA) is 67.8 Å². The van der Waals surface area contributed by atoms with Gasteiger partial charge >= 0.3 is 0 Å². The summed E-state index contributed by atoms with van der Waals surface area (Å²) in [5.74, 6) is 0.809. The molecule has 0 radical (unpaired) electrons. The highest BCUT2D eigenvalue weighted by Crippen LogP contribution is 2.20.